The van der Waals surface area contributed by atoms with Gasteiger partial charge in [-0.15, -0.1) is 0 Å². The molecular weight excluding hydrogens is 426 g/mol. The van der Waals surface area contributed by atoms with Gasteiger partial charge in [-0.2, -0.15) is 8.42 Å². The zero-order chi connectivity index (χ0) is 21.6. The average Bonchev–Trinajstić information content (AvgIpc) is 2.51. The molecule has 0 spiro atoms. The first-order valence-corrected chi connectivity index (χ1v) is 14.1. The third kappa shape index (κ3) is 8.46. The Kier molecular flexibility index (Phi) is 9.55. The van der Waals surface area contributed by atoms with Crippen LogP contribution in [0.15, 0.2) is 29.2 Å². The summed E-state index contributed by atoms with van der Waals surface area (Å²) in [6.45, 7) is 10.1. The van der Waals surface area contributed by atoms with Crippen LogP contribution < -0.4 is 0 Å². The molecule has 0 bridgehead atoms. The van der Waals surface area contributed by atoms with Crippen LogP contribution >= 0.6 is 15.0 Å². The Labute approximate surface area is 168 Å². The number of benzene rings is 1. The second kappa shape index (κ2) is 10.5. The summed E-state index contributed by atoms with van der Waals surface area (Å²) < 4.78 is 72.1. The van der Waals surface area contributed by atoms with Crippen molar-refractivity contribution < 1.29 is 35.3 Å². The van der Waals surface area contributed by atoms with Gasteiger partial charge in [0.05, 0.1) is 23.7 Å². The molecule has 11 heteroatoms. The van der Waals surface area contributed by atoms with Gasteiger partial charge in [-0.3, -0.25) is 13.3 Å². The summed E-state index contributed by atoms with van der Waals surface area (Å²) in [7, 11) is -11.8. The molecule has 1 aromatic rings. The molecule has 1 atom stereocenters. The zero-order valence-corrected chi connectivity index (χ0v) is 19.8. The van der Waals surface area contributed by atoms with E-state index in [1.54, 1.807) is 46.8 Å². The third-order valence-electron chi connectivity index (χ3n) is 3.21. The van der Waals surface area contributed by atoms with Crippen LogP contribution in [0.25, 0.3) is 0 Å². The predicted molar refractivity (Wildman–Crippen MR) is 108 cm³/mol. The lowest BCUT2D eigenvalue weighted by atomic mass is 10.2. The highest BCUT2D eigenvalue weighted by Crippen LogP contribution is 2.64. The number of aryl methyl sites for hydroxylation is 1. The van der Waals surface area contributed by atoms with Crippen LogP contribution in [-0.2, 0) is 37.0 Å². The molecule has 0 aliphatic carbocycles. The Hall–Kier alpha value is -0.530. The minimum Gasteiger partial charge on any atom is -0.327 e. The van der Waals surface area contributed by atoms with Gasteiger partial charge in [-0.25, -0.2) is 0 Å². The van der Waals surface area contributed by atoms with Crippen molar-refractivity contribution in [3.05, 3.63) is 29.8 Å². The van der Waals surface area contributed by atoms with Gasteiger partial charge in [0, 0.05) is 0 Å². The lowest BCUT2D eigenvalue weighted by Crippen LogP contribution is -2.14. The second-order valence-corrected chi connectivity index (χ2v) is 13.3. The average molecular weight is 456 g/mol. The second-order valence-electron chi connectivity index (χ2n) is 6.81. The number of hydrogen-bond acceptors (Lipinski definition) is 8. The summed E-state index contributed by atoms with van der Waals surface area (Å²) in [6.07, 6.45) is -1.65. The van der Waals surface area contributed by atoms with Crippen molar-refractivity contribution in [1.29, 1.82) is 0 Å². The van der Waals surface area contributed by atoms with Crippen molar-refractivity contribution in [2.75, 3.05) is 18.9 Å². The first-order valence-electron chi connectivity index (χ1n) is 8.95. The van der Waals surface area contributed by atoms with E-state index in [2.05, 4.69) is 0 Å². The SMILES string of the molecule is CCOP(=O)(COS(=O)(=O)c1ccc(C)cc1)CP(=O)(OC(C)C)OC(C)C. The summed E-state index contributed by atoms with van der Waals surface area (Å²) in [6, 6.07) is 6.04. The van der Waals surface area contributed by atoms with Crippen LogP contribution in [0.3, 0.4) is 0 Å². The summed E-state index contributed by atoms with van der Waals surface area (Å²) in [5.74, 6) is -0.576. The molecular formula is C17H30O8P2S. The van der Waals surface area contributed by atoms with Crippen LogP contribution in [0.1, 0.15) is 40.2 Å². The van der Waals surface area contributed by atoms with Gasteiger partial charge in [-0.1, -0.05) is 17.7 Å². The summed E-state index contributed by atoms with van der Waals surface area (Å²) in [5, 5.41) is 0. The summed E-state index contributed by atoms with van der Waals surface area (Å²) >= 11 is 0. The first-order chi connectivity index (χ1) is 12.8. The van der Waals surface area contributed by atoms with E-state index in [4.69, 9.17) is 17.8 Å². The topological polar surface area (TPSA) is 105 Å². The van der Waals surface area contributed by atoms with E-state index in [1.807, 2.05) is 6.92 Å². The Morgan fingerprint density at radius 2 is 1.46 bits per heavy atom. The van der Waals surface area contributed by atoms with E-state index >= 15 is 0 Å². The molecule has 0 aliphatic heterocycles. The fraction of sp³-hybridized carbons (Fsp3) is 0.647. The van der Waals surface area contributed by atoms with Gasteiger partial charge >= 0.3 is 7.60 Å². The smallest absolute Gasteiger partial charge is 0.327 e. The Balaban J connectivity index is 3.04. The maximum Gasteiger partial charge on any atom is 0.340 e. The fourth-order valence-electron chi connectivity index (χ4n) is 2.27. The molecule has 1 aromatic carbocycles. The largest absolute Gasteiger partial charge is 0.340 e. The minimum atomic E-state index is -4.15. The third-order valence-corrected chi connectivity index (χ3v) is 10.5. The van der Waals surface area contributed by atoms with Gasteiger partial charge in [0.2, 0.25) is 7.37 Å². The molecule has 0 fully saturated rings. The predicted octanol–water partition coefficient (Wildman–Crippen LogP) is 4.97. The molecule has 0 aliphatic rings. The normalized spacial score (nSPS) is 15.1. The van der Waals surface area contributed by atoms with Crippen molar-refractivity contribution in [3.63, 3.8) is 0 Å². The molecule has 1 rings (SSSR count). The Morgan fingerprint density at radius 3 is 1.89 bits per heavy atom. The van der Waals surface area contributed by atoms with E-state index in [-0.39, 0.29) is 11.5 Å². The molecule has 28 heavy (non-hydrogen) atoms. The molecule has 8 nitrogen and oxygen atoms in total. The van der Waals surface area contributed by atoms with Gasteiger partial charge in [-0.05, 0) is 53.7 Å². The number of hydrogen-bond donors (Lipinski definition) is 0. The van der Waals surface area contributed by atoms with Crippen molar-refractivity contribution in [2.24, 2.45) is 0 Å². The van der Waals surface area contributed by atoms with Crippen LogP contribution in [0, 0.1) is 6.92 Å². The highest BCUT2D eigenvalue weighted by molar-refractivity contribution is 7.87. The zero-order valence-electron chi connectivity index (χ0n) is 17.2. The maximum absolute atomic E-state index is 13.2. The van der Waals surface area contributed by atoms with Crippen LogP contribution in [0.2, 0.25) is 0 Å². The minimum absolute atomic E-state index is 0.0224. The van der Waals surface area contributed by atoms with Crippen molar-refractivity contribution >= 4 is 25.1 Å². The summed E-state index contributed by atoms with van der Waals surface area (Å²) in [5.41, 5.74) is 0.886. The fourth-order valence-corrected chi connectivity index (χ4v) is 9.25. The molecule has 0 N–H and O–H groups in total. The molecule has 162 valence electrons. The van der Waals surface area contributed by atoms with Crippen LogP contribution in [-0.4, -0.2) is 39.5 Å². The maximum atomic E-state index is 13.2. The van der Waals surface area contributed by atoms with Crippen molar-refractivity contribution in [3.8, 4) is 0 Å². The van der Waals surface area contributed by atoms with E-state index in [9.17, 15) is 17.5 Å². The Bertz CT molecular complexity index is 804. The van der Waals surface area contributed by atoms with E-state index in [0.29, 0.717) is 0 Å². The molecule has 1 unspecified atom stereocenters. The van der Waals surface area contributed by atoms with Gasteiger partial charge < -0.3 is 13.6 Å². The standard InChI is InChI=1S/C17H30O8P2S/c1-7-22-26(18,13-27(19,24-14(2)3)25-15(4)5)12-23-28(20,21)17-10-8-16(6)9-11-17/h8-11,14-15H,7,12-13H2,1-6H3. The molecule has 0 heterocycles. The molecule has 0 saturated heterocycles. The van der Waals surface area contributed by atoms with E-state index < -0.39 is 49.5 Å². The van der Waals surface area contributed by atoms with Crippen molar-refractivity contribution in [2.45, 2.75) is 58.6 Å². The Morgan fingerprint density at radius 1 is 0.964 bits per heavy atom. The molecule has 0 amide bonds. The molecule has 0 saturated carbocycles. The quantitative estimate of drug-likeness (QED) is 0.321. The number of rotatable bonds is 12. The molecule has 0 aromatic heterocycles. The van der Waals surface area contributed by atoms with Gasteiger partial charge in [0.1, 0.15) is 12.3 Å². The monoisotopic (exact) mass is 456 g/mol. The van der Waals surface area contributed by atoms with Crippen LogP contribution in [0.5, 0.6) is 0 Å². The lowest BCUT2D eigenvalue weighted by Gasteiger charge is -2.26. The molecule has 0 radical (unpaired) electrons. The van der Waals surface area contributed by atoms with E-state index in [1.165, 1.54) is 12.1 Å². The lowest BCUT2D eigenvalue weighted by molar-refractivity contribution is 0.144. The van der Waals surface area contributed by atoms with Crippen LogP contribution in [0.4, 0.5) is 0 Å². The highest BCUT2D eigenvalue weighted by Gasteiger charge is 2.40. The highest BCUT2D eigenvalue weighted by atomic mass is 32.2. The van der Waals surface area contributed by atoms with Gasteiger partial charge in [0.15, 0.2) is 0 Å². The van der Waals surface area contributed by atoms with Gasteiger partial charge in [0.25, 0.3) is 10.1 Å². The summed E-state index contributed by atoms with van der Waals surface area (Å²) in [4.78, 5) is -0.0683. The first kappa shape index (κ1) is 25.5. The van der Waals surface area contributed by atoms with E-state index in [0.717, 1.165) is 5.56 Å². The van der Waals surface area contributed by atoms with Crippen molar-refractivity contribution in [1.82, 2.24) is 0 Å².